The van der Waals surface area contributed by atoms with Gasteiger partial charge in [-0.1, -0.05) is 13.8 Å². The average molecular weight is 241 g/mol. The van der Waals surface area contributed by atoms with Gasteiger partial charge in [0.15, 0.2) is 5.78 Å². The monoisotopic (exact) mass is 241 g/mol. The maximum absolute atomic E-state index is 12.0. The van der Waals surface area contributed by atoms with E-state index >= 15 is 0 Å². The van der Waals surface area contributed by atoms with Crippen molar-refractivity contribution >= 4 is 11.7 Å². The highest BCUT2D eigenvalue weighted by Gasteiger charge is 2.34. The van der Waals surface area contributed by atoms with Gasteiger partial charge < -0.3 is 9.64 Å². The number of likely N-dealkylation sites (tertiary alicyclic amines) is 1. The number of ether oxygens (including phenoxy) is 1. The van der Waals surface area contributed by atoms with Crippen LogP contribution in [0.5, 0.6) is 0 Å². The number of hydrogen-bond donors (Lipinski definition) is 0. The molecule has 1 fully saturated rings. The Morgan fingerprint density at radius 3 is 2.47 bits per heavy atom. The summed E-state index contributed by atoms with van der Waals surface area (Å²) in [7, 11) is 0. The fourth-order valence-corrected chi connectivity index (χ4v) is 2.07. The zero-order valence-electron chi connectivity index (χ0n) is 11.2. The summed E-state index contributed by atoms with van der Waals surface area (Å²) in [5, 5.41) is 0. The van der Waals surface area contributed by atoms with Crippen molar-refractivity contribution in [2.75, 3.05) is 13.2 Å². The van der Waals surface area contributed by atoms with Gasteiger partial charge in [0, 0.05) is 12.5 Å². The summed E-state index contributed by atoms with van der Waals surface area (Å²) in [4.78, 5) is 25.6. The fraction of sp³-hybridized carbons (Fsp3) is 0.846. The molecule has 0 aromatic carbocycles. The molecule has 98 valence electrons. The molecule has 1 rings (SSSR count). The first kappa shape index (κ1) is 14.2. The van der Waals surface area contributed by atoms with Crippen molar-refractivity contribution in [1.82, 2.24) is 4.90 Å². The predicted octanol–water partition coefficient (Wildman–Crippen LogP) is 1.63. The van der Waals surface area contributed by atoms with E-state index in [1.54, 1.807) is 4.90 Å². The summed E-state index contributed by atoms with van der Waals surface area (Å²) in [5.74, 6) is 0.0926. The third kappa shape index (κ3) is 3.80. The standard InChI is InChI=1S/C13H23NO3/c1-9(2)13(16)11-6-5-7-14(11)12(15)8-17-10(3)4/h9-11H,5-8H2,1-4H3/t11-/m0/s1. The normalized spacial score (nSPS) is 20.4. The third-order valence-electron chi connectivity index (χ3n) is 3.01. The van der Waals surface area contributed by atoms with Crippen LogP contribution in [0.3, 0.4) is 0 Å². The van der Waals surface area contributed by atoms with Crippen LogP contribution < -0.4 is 0 Å². The molecule has 1 atom stereocenters. The molecular weight excluding hydrogens is 218 g/mol. The minimum atomic E-state index is -0.224. The molecule has 0 bridgehead atoms. The number of rotatable bonds is 5. The molecule has 0 spiro atoms. The molecule has 4 heteroatoms. The number of amides is 1. The Kier molecular flexibility index (Phi) is 5.12. The first-order chi connectivity index (χ1) is 7.93. The Balaban J connectivity index is 2.57. The first-order valence-corrected chi connectivity index (χ1v) is 6.38. The molecule has 1 amide bonds. The van der Waals surface area contributed by atoms with E-state index in [1.807, 2.05) is 27.7 Å². The minimum absolute atomic E-state index is 0.0144. The molecule has 4 nitrogen and oxygen atoms in total. The second-order valence-electron chi connectivity index (χ2n) is 5.16. The Labute approximate surface area is 103 Å². The predicted molar refractivity (Wildman–Crippen MR) is 65.7 cm³/mol. The van der Waals surface area contributed by atoms with E-state index in [2.05, 4.69) is 0 Å². The molecule has 1 saturated heterocycles. The molecule has 1 aliphatic heterocycles. The van der Waals surface area contributed by atoms with Crippen molar-refractivity contribution in [1.29, 1.82) is 0 Å². The highest BCUT2D eigenvalue weighted by Crippen LogP contribution is 2.21. The number of ketones is 1. The summed E-state index contributed by atoms with van der Waals surface area (Å²) in [6, 6.07) is -0.224. The SMILES string of the molecule is CC(C)OCC(=O)N1CCC[C@H]1C(=O)C(C)C. The molecule has 0 radical (unpaired) electrons. The third-order valence-corrected chi connectivity index (χ3v) is 3.01. The molecule has 0 unspecified atom stereocenters. The van der Waals surface area contributed by atoms with Gasteiger partial charge in [0.1, 0.15) is 6.61 Å². The average Bonchev–Trinajstić information content (AvgIpc) is 2.73. The molecule has 0 saturated carbocycles. The van der Waals surface area contributed by atoms with Crippen LogP contribution in [0.25, 0.3) is 0 Å². The van der Waals surface area contributed by atoms with E-state index < -0.39 is 0 Å². The van der Waals surface area contributed by atoms with Crippen molar-refractivity contribution in [2.45, 2.75) is 52.7 Å². The lowest BCUT2D eigenvalue weighted by molar-refractivity contribution is -0.143. The second-order valence-corrected chi connectivity index (χ2v) is 5.16. The zero-order valence-corrected chi connectivity index (χ0v) is 11.2. The van der Waals surface area contributed by atoms with E-state index in [1.165, 1.54) is 0 Å². The zero-order chi connectivity index (χ0) is 13.0. The van der Waals surface area contributed by atoms with Crippen molar-refractivity contribution in [3.8, 4) is 0 Å². The van der Waals surface area contributed by atoms with Crippen molar-refractivity contribution in [2.24, 2.45) is 5.92 Å². The van der Waals surface area contributed by atoms with E-state index in [4.69, 9.17) is 4.74 Å². The van der Waals surface area contributed by atoms with E-state index in [9.17, 15) is 9.59 Å². The van der Waals surface area contributed by atoms with Gasteiger partial charge in [-0.15, -0.1) is 0 Å². The summed E-state index contributed by atoms with van der Waals surface area (Å²) in [6.07, 6.45) is 1.75. The van der Waals surface area contributed by atoms with Crippen molar-refractivity contribution < 1.29 is 14.3 Å². The summed E-state index contributed by atoms with van der Waals surface area (Å²) in [5.41, 5.74) is 0. The van der Waals surface area contributed by atoms with Crippen LogP contribution in [-0.2, 0) is 14.3 Å². The smallest absolute Gasteiger partial charge is 0.249 e. The molecule has 1 aliphatic rings. The van der Waals surface area contributed by atoms with Gasteiger partial charge >= 0.3 is 0 Å². The maximum atomic E-state index is 12.0. The summed E-state index contributed by atoms with van der Waals surface area (Å²) >= 11 is 0. The van der Waals surface area contributed by atoms with Crippen LogP contribution in [0, 0.1) is 5.92 Å². The van der Waals surface area contributed by atoms with Crippen LogP contribution in [0.1, 0.15) is 40.5 Å². The van der Waals surface area contributed by atoms with Gasteiger partial charge in [-0.05, 0) is 26.7 Å². The maximum Gasteiger partial charge on any atom is 0.249 e. The Morgan fingerprint density at radius 2 is 1.94 bits per heavy atom. The van der Waals surface area contributed by atoms with Crippen LogP contribution >= 0.6 is 0 Å². The minimum Gasteiger partial charge on any atom is -0.369 e. The molecule has 1 heterocycles. The van der Waals surface area contributed by atoms with Gasteiger partial charge in [0.2, 0.25) is 5.91 Å². The van der Waals surface area contributed by atoms with Crippen molar-refractivity contribution in [3.05, 3.63) is 0 Å². The number of Topliss-reactive ketones (excluding diaryl/α,β-unsaturated/α-hetero) is 1. The number of nitrogens with zero attached hydrogens (tertiary/aromatic N) is 1. The number of hydrogen-bond acceptors (Lipinski definition) is 3. The highest BCUT2D eigenvalue weighted by molar-refractivity contribution is 5.91. The van der Waals surface area contributed by atoms with Gasteiger partial charge in [0.05, 0.1) is 12.1 Å². The Bertz CT molecular complexity index is 286. The summed E-state index contributed by atoms with van der Waals surface area (Å²) < 4.78 is 5.30. The molecule has 17 heavy (non-hydrogen) atoms. The summed E-state index contributed by atoms with van der Waals surface area (Å²) in [6.45, 7) is 8.33. The molecule has 0 N–H and O–H groups in total. The van der Waals surface area contributed by atoms with Gasteiger partial charge in [-0.3, -0.25) is 9.59 Å². The van der Waals surface area contributed by atoms with Crippen LogP contribution in [0.2, 0.25) is 0 Å². The topological polar surface area (TPSA) is 46.6 Å². The number of carbonyl (C=O) groups excluding carboxylic acids is 2. The van der Waals surface area contributed by atoms with Gasteiger partial charge in [-0.25, -0.2) is 0 Å². The second kappa shape index (κ2) is 6.15. The first-order valence-electron chi connectivity index (χ1n) is 6.38. The van der Waals surface area contributed by atoms with Gasteiger partial charge in [0.25, 0.3) is 0 Å². The quantitative estimate of drug-likeness (QED) is 0.735. The van der Waals surface area contributed by atoms with Crippen LogP contribution in [0.4, 0.5) is 0 Å². The van der Waals surface area contributed by atoms with E-state index in [-0.39, 0.29) is 36.4 Å². The molecule has 0 aliphatic carbocycles. The van der Waals surface area contributed by atoms with E-state index in [0.717, 1.165) is 12.8 Å². The lowest BCUT2D eigenvalue weighted by Gasteiger charge is -2.25. The van der Waals surface area contributed by atoms with Crippen LogP contribution in [0.15, 0.2) is 0 Å². The lowest BCUT2D eigenvalue weighted by Crippen LogP contribution is -2.44. The highest BCUT2D eigenvalue weighted by atomic mass is 16.5. The van der Waals surface area contributed by atoms with Crippen molar-refractivity contribution in [3.63, 3.8) is 0 Å². The molecular formula is C13H23NO3. The van der Waals surface area contributed by atoms with Crippen LogP contribution in [-0.4, -0.2) is 41.9 Å². The fourth-order valence-electron chi connectivity index (χ4n) is 2.07. The van der Waals surface area contributed by atoms with Gasteiger partial charge in [-0.2, -0.15) is 0 Å². The largest absolute Gasteiger partial charge is 0.369 e. The number of carbonyl (C=O) groups is 2. The Morgan fingerprint density at radius 1 is 1.29 bits per heavy atom. The molecule has 0 aromatic heterocycles. The Hall–Kier alpha value is -0.900. The molecule has 0 aromatic rings. The lowest BCUT2D eigenvalue weighted by atomic mass is 10.00. The van der Waals surface area contributed by atoms with E-state index in [0.29, 0.717) is 6.54 Å².